The van der Waals surface area contributed by atoms with E-state index in [0.29, 0.717) is 31.3 Å². The molecular weight excluding hydrogens is 326 g/mol. The summed E-state index contributed by atoms with van der Waals surface area (Å²) in [6.45, 7) is 5.58. The van der Waals surface area contributed by atoms with Crippen LogP contribution in [0.2, 0.25) is 0 Å². The summed E-state index contributed by atoms with van der Waals surface area (Å²) in [4.78, 5) is 19.4. The molecule has 3 heterocycles. The average Bonchev–Trinajstić information content (AvgIpc) is 3.32. The zero-order valence-electron chi connectivity index (χ0n) is 15.1. The number of furan rings is 1. The second-order valence-electron chi connectivity index (χ2n) is 7.07. The summed E-state index contributed by atoms with van der Waals surface area (Å²) in [5.41, 5.74) is 2.46. The lowest BCUT2D eigenvalue weighted by Crippen LogP contribution is -2.40. The van der Waals surface area contributed by atoms with Crippen LogP contribution in [0.4, 0.5) is 0 Å². The minimum atomic E-state index is 0.0814. The first-order chi connectivity index (χ1) is 12.6. The van der Waals surface area contributed by atoms with Crippen molar-refractivity contribution in [3.05, 3.63) is 77.8 Å². The summed E-state index contributed by atoms with van der Waals surface area (Å²) < 4.78 is 7.55. The molecule has 0 bridgehead atoms. The zero-order chi connectivity index (χ0) is 18.1. The Morgan fingerprint density at radius 3 is 2.88 bits per heavy atom. The van der Waals surface area contributed by atoms with Crippen LogP contribution in [0, 0.1) is 0 Å². The number of rotatable bonds is 4. The normalized spacial score (nSPS) is 16.7. The van der Waals surface area contributed by atoms with Gasteiger partial charge in [0.1, 0.15) is 11.6 Å². The van der Waals surface area contributed by atoms with Gasteiger partial charge in [0, 0.05) is 31.5 Å². The third kappa shape index (κ3) is 3.05. The molecule has 5 heteroatoms. The molecule has 3 aromatic rings. The summed E-state index contributed by atoms with van der Waals surface area (Å²) in [5, 5.41) is 0. The van der Waals surface area contributed by atoms with E-state index in [-0.39, 0.29) is 11.8 Å². The van der Waals surface area contributed by atoms with Crippen LogP contribution in [0.5, 0.6) is 0 Å². The maximum absolute atomic E-state index is 12.8. The first-order valence-corrected chi connectivity index (χ1v) is 9.04. The van der Waals surface area contributed by atoms with Crippen LogP contribution in [-0.4, -0.2) is 26.9 Å². The van der Waals surface area contributed by atoms with Gasteiger partial charge in [-0.3, -0.25) is 4.79 Å². The van der Waals surface area contributed by atoms with E-state index >= 15 is 0 Å². The molecule has 4 rings (SSSR count). The molecule has 26 heavy (non-hydrogen) atoms. The predicted octanol–water partition coefficient (Wildman–Crippen LogP) is 3.77. The Labute approximate surface area is 153 Å². The first kappa shape index (κ1) is 16.6. The molecule has 1 atom stereocenters. The van der Waals surface area contributed by atoms with Crippen LogP contribution in [0.25, 0.3) is 0 Å². The van der Waals surface area contributed by atoms with Gasteiger partial charge in [-0.1, -0.05) is 24.3 Å². The van der Waals surface area contributed by atoms with Gasteiger partial charge >= 0.3 is 0 Å². The highest BCUT2D eigenvalue weighted by atomic mass is 16.3. The number of carbonyl (C=O) groups is 1. The van der Waals surface area contributed by atoms with Gasteiger partial charge in [0.2, 0.25) is 5.91 Å². The molecule has 5 nitrogen and oxygen atoms in total. The Balaban J connectivity index is 1.67. The molecule has 0 radical (unpaired) electrons. The van der Waals surface area contributed by atoms with Gasteiger partial charge in [0.25, 0.3) is 0 Å². The molecule has 0 saturated carbocycles. The van der Waals surface area contributed by atoms with Crippen LogP contribution in [0.15, 0.2) is 59.5 Å². The van der Waals surface area contributed by atoms with Crippen LogP contribution >= 0.6 is 0 Å². The van der Waals surface area contributed by atoms with Crippen LogP contribution < -0.4 is 0 Å². The van der Waals surface area contributed by atoms with E-state index in [1.54, 1.807) is 6.26 Å². The van der Waals surface area contributed by atoms with E-state index in [9.17, 15) is 4.79 Å². The van der Waals surface area contributed by atoms with Crippen molar-refractivity contribution in [2.45, 2.75) is 38.8 Å². The van der Waals surface area contributed by atoms with Gasteiger partial charge in [-0.25, -0.2) is 4.98 Å². The smallest absolute Gasteiger partial charge is 0.230 e. The number of benzene rings is 1. The molecule has 1 aliphatic rings. The van der Waals surface area contributed by atoms with Gasteiger partial charge in [-0.2, -0.15) is 0 Å². The molecule has 0 saturated heterocycles. The number of aromatic nitrogens is 2. The topological polar surface area (TPSA) is 51.3 Å². The maximum atomic E-state index is 12.8. The molecule has 1 amide bonds. The monoisotopic (exact) mass is 349 g/mol. The Kier molecular flexibility index (Phi) is 4.37. The summed E-state index contributed by atoms with van der Waals surface area (Å²) in [5.74, 6) is 1.89. The molecule has 0 aliphatic carbocycles. The van der Waals surface area contributed by atoms with Crippen molar-refractivity contribution in [3.8, 4) is 0 Å². The fourth-order valence-corrected chi connectivity index (χ4v) is 3.72. The molecule has 134 valence electrons. The quantitative estimate of drug-likeness (QED) is 0.720. The summed E-state index contributed by atoms with van der Waals surface area (Å²) >= 11 is 0. The molecule has 2 aromatic heterocycles. The van der Waals surface area contributed by atoms with Crippen molar-refractivity contribution in [2.24, 2.45) is 0 Å². The molecule has 0 unspecified atom stereocenters. The highest BCUT2D eigenvalue weighted by Crippen LogP contribution is 2.34. The summed E-state index contributed by atoms with van der Waals surface area (Å²) in [7, 11) is 0. The van der Waals surface area contributed by atoms with Crippen molar-refractivity contribution in [3.63, 3.8) is 0 Å². The minimum absolute atomic E-state index is 0.0814. The molecule has 1 aromatic carbocycles. The van der Waals surface area contributed by atoms with Crippen LogP contribution in [-0.2, 0) is 17.8 Å². The number of imidazole rings is 1. The lowest BCUT2D eigenvalue weighted by atomic mass is 9.88. The molecule has 0 N–H and O–H groups in total. The second-order valence-corrected chi connectivity index (χ2v) is 7.07. The zero-order valence-corrected chi connectivity index (χ0v) is 15.1. The van der Waals surface area contributed by atoms with E-state index in [1.807, 2.05) is 35.5 Å². The van der Waals surface area contributed by atoms with Crippen molar-refractivity contribution < 1.29 is 9.21 Å². The lowest BCUT2D eigenvalue weighted by molar-refractivity contribution is -0.131. The number of carbonyl (C=O) groups excluding carboxylic acids is 1. The number of hydrogen-bond donors (Lipinski definition) is 0. The van der Waals surface area contributed by atoms with Crippen molar-refractivity contribution >= 4 is 5.91 Å². The Morgan fingerprint density at radius 2 is 2.12 bits per heavy atom. The number of fused-ring (bicyclic) bond motifs is 1. The highest BCUT2D eigenvalue weighted by molar-refractivity contribution is 5.78. The largest absolute Gasteiger partial charge is 0.469 e. The highest BCUT2D eigenvalue weighted by Gasteiger charge is 2.32. The Bertz CT molecular complexity index is 896. The number of amides is 1. The SMILES string of the molecule is CC(C)n1ccnc1[C@H]1CN(C(=O)Cc2ccco2)Cc2ccccc21. The Morgan fingerprint density at radius 1 is 1.27 bits per heavy atom. The van der Waals surface area contributed by atoms with Crippen molar-refractivity contribution in [1.82, 2.24) is 14.5 Å². The van der Waals surface area contributed by atoms with Gasteiger partial charge < -0.3 is 13.9 Å². The van der Waals surface area contributed by atoms with Gasteiger partial charge in [0.05, 0.1) is 18.6 Å². The Hall–Kier alpha value is -2.82. The van der Waals surface area contributed by atoms with Gasteiger partial charge in [0.15, 0.2) is 0 Å². The molecule has 1 aliphatic heterocycles. The van der Waals surface area contributed by atoms with Crippen molar-refractivity contribution in [1.29, 1.82) is 0 Å². The van der Waals surface area contributed by atoms with Crippen molar-refractivity contribution in [2.75, 3.05) is 6.54 Å². The summed E-state index contributed by atoms with van der Waals surface area (Å²) in [6, 6.07) is 12.4. The third-order valence-corrected chi connectivity index (χ3v) is 5.02. The lowest BCUT2D eigenvalue weighted by Gasteiger charge is -2.35. The van der Waals surface area contributed by atoms with Gasteiger partial charge in [-0.05, 0) is 37.1 Å². The third-order valence-electron chi connectivity index (χ3n) is 5.02. The average molecular weight is 349 g/mol. The second kappa shape index (κ2) is 6.83. The number of nitrogens with zero attached hydrogens (tertiary/aromatic N) is 3. The predicted molar refractivity (Wildman–Crippen MR) is 98.7 cm³/mol. The van der Waals surface area contributed by atoms with E-state index in [0.717, 1.165) is 5.82 Å². The van der Waals surface area contributed by atoms with Crippen LogP contribution in [0.3, 0.4) is 0 Å². The standard InChI is InChI=1S/C21H23N3O2/c1-15(2)24-10-9-22-21(24)19-14-23(13-16-6-3-4-8-18(16)19)20(25)12-17-7-5-11-26-17/h3-11,15,19H,12-14H2,1-2H3/t19-/m0/s1. The number of hydrogen-bond acceptors (Lipinski definition) is 3. The van der Waals surface area contributed by atoms with E-state index in [4.69, 9.17) is 4.42 Å². The fourth-order valence-electron chi connectivity index (χ4n) is 3.72. The molecule has 0 spiro atoms. The van der Waals surface area contributed by atoms with E-state index < -0.39 is 0 Å². The van der Waals surface area contributed by atoms with E-state index in [1.165, 1.54) is 11.1 Å². The maximum Gasteiger partial charge on any atom is 0.230 e. The van der Waals surface area contributed by atoms with E-state index in [2.05, 4.69) is 41.6 Å². The first-order valence-electron chi connectivity index (χ1n) is 9.04. The van der Waals surface area contributed by atoms with Crippen LogP contribution in [0.1, 0.15) is 48.5 Å². The molecular formula is C21H23N3O2. The molecule has 0 fully saturated rings. The summed E-state index contributed by atoms with van der Waals surface area (Å²) in [6.07, 6.45) is 5.77. The minimum Gasteiger partial charge on any atom is -0.469 e. The van der Waals surface area contributed by atoms with Gasteiger partial charge in [-0.15, -0.1) is 0 Å². The fraction of sp³-hybridized carbons (Fsp3) is 0.333.